The number of hydrogen-bond acceptors (Lipinski definition) is 3. The van der Waals surface area contributed by atoms with E-state index in [1.807, 2.05) is 0 Å². The molecule has 2 fully saturated rings. The number of hydrogen-bond donors (Lipinski definition) is 1. The summed E-state index contributed by atoms with van der Waals surface area (Å²) < 4.78 is 14.2. The maximum atomic E-state index is 14.2. The molecule has 6 heteroatoms. The van der Waals surface area contributed by atoms with Crippen LogP contribution in [0.4, 0.5) is 10.1 Å². The number of amides is 2. The Labute approximate surface area is 141 Å². The Hall–Kier alpha value is -1.95. The van der Waals surface area contributed by atoms with Crippen LogP contribution in [0.1, 0.15) is 48.9 Å². The highest BCUT2D eigenvalue weighted by Crippen LogP contribution is 2.28. The molecule has 3 rings (SSSR count). The minimum atomic E-state index is -0.553. The van der Waals surface area contributed by atoms with E-state index in [4.69, 9.17) is 5.11 Å². The highest BCUT2D eigenvalue weighted by Gasteiger charge is 2.31. The highest BCUT2D eigenvalue weighted by molar-refractivity contribution is 5.99. The number of benzene rings is 1. The van der Waals surface area contributed by atoms with Gasteiger partial charge in [-0.25, -0.2) is 4.39 Å². The predicted molar refractivity (Wildman–Crippen MR) is 88.4 cm³/mol. The summed E-state index contributed by atoms with van der Waals surface area (Å²) in [6, 6.07) is 4.39. The average Bonchev–Trinajstić information content (AvgIpc) is 3.21. The second-order valence-corrected chi connectivity index (χ2v) is 6.47. The van der Waals surface area contributed by atoms with Gasteiger partial charge in [-0.15, -0.1) is 0 Å². The number of carbonyl (C=O) groups excluding carboxylic acids is 2. The standard InChI is InChI=1S/C18H23FN2O3/c19-16-8-7-14(20-9-2-6-17(20)23)12-15(16)18(24)21-10-1-4-13(21)5-3-11-22/h7-8,12-13,22H,1-6,9-11H2. The number of carbonyl (C=O) groups is 2. The summed E-state index contributed by atoms with van der Waals surface area (Å²) >= 11 is 0. The van der Waals surface area contributed by atoms with Crippen LogP contribution in [0.2, 0.25) is 0 Å². The van der Waals surface area contributed by atoms with E-state index in [1.54, 1.807) is 15.9 Å². The van der Waals surface area contributed by atoms with E-state index in [0.717, 1.165) is 25.7 Å². The van der Waals surface area contributed by atoms with Gasteiger partial charge in [-0.3, -0.25) is 9.59 Å². The van der Waals surface area contributed by atoms with Gasteiger partial charge in [-0.2, -0.15) is 0 Å². The summed E-state index contributed by atoms with van der Waals surface area (Å²) in [5.41, 5.74) is 0.622. The van der Waals surface area contributed by atoms with Gasteiger partial charge in [0.1, 0.15) is 5.82 Å². The number of likely N-dealkylation sites (tertiary alicyclic amines) is 1. The zero-order chi connectivity index (χ0) is 17.1. The van der Waals surface area contributed by atoms with E-state index in [1.165, 1.54) is 12.1 Å². The fourth-order valence-corrected chi connectivity index (χ4v) is 3.65. The predicted octanol–water partition coefficient (Wildman–Crippen LogP) is 2.33. The zero-order valence-electron chi connectivity index (χ0n) is 13.7. The third kappa shape index (κ3) is 3.29. The van der Waals surface area contributed by atoms with Crippen molar-refractivity contribution in [1.29, 1.82) is 0 Å². The molecule has 1 N–H and O–H groups in total. The molecule has 1 aromatic rings. The lowest BCUT2D eigenvalue weighted by molar-refractivity contribution is -0.117. The van der Waals surface area contributed by atoms with Crippen LogP contribution in [0.5, 0.6) is 0 Å². The molecule has 2 aliphatic rings. The first-order chi connectivity index (χ1) is 11.6. The third-order valence-electron chi connectivity index (χ3n) is 4.90. The molecule has 2 saturated heterocycles. The molecule has 0 radical (unpaired) electrons. The lowest BCUT2D eigenvalue weighted by Gasteiger charge is -2.25. The average molecular weight is 334 g/mol. The molecule has 0 aromatic heterocycles. The van der Waals surface area contributed by atoms with Gasteiger partial charge in [-0.05, 0) is 50.3 Å². The second kappa shape index (κ2) is 7.30. The van der Waals surface area contributed by atoms with Crippen molar-refractivity contribution in [3.8, 4) is 0 Å². The molecule has 1 aromatic carbocycles. The number of rotatable bonds is 5. The van der Waals surface area contributed by atoms with Gasteiger partial charge in [0.25, 0.3) is 5.91 Å². The largest absolute Gasteiger partial charge is 0.396 e. The van der Waals surface area contributed by atoms with E-state index in [9.17, 15) is 14.0 Å². The van der Waals surface area contributed by atoms with Gasteiger partial charge in [0.05, 0.1) is 5.56 Å². The molecule has 1 unspecified atom stereocenters. The summed E-state index contributed by atoms with van der Waals surface area (Å²) in [6.07, 6.45) is 4.43. The quantitative estimate of drug-likeness (QED) is 0.899. The molecule has 0 saturated carbocycles. The van der Waals surface area contributed by atoms with Crippen molar-refractivity contribution in [2.75, 3.05) is 24.6 Å². The molecule has 1 atom stereocenters. The Morgan fingerprint density at radius 2 is 2.12 bits per heavy atom. The van der Waals surface area contributed by atoms with E-state index in [2.05, 4.69) is 0 Å². The van der Waals surface area contributed by atoms with Crippen LogP contribution in [0.3, 0.4) is 0 Å². The van der Waals surface area contributed by atoms with Gasteiger partial charge < -0.3 is 14.9 Å². The Kier molecular flexibility index (Phi) is 5.14. The molecular weight excluding hydrogens is 311 g/mol. The van der Waals surface area contributed by atoms with Crippen LogP contribution in [0.25, 0.3) is 0 Å². The number of nitrogens with zero attached hydrogens (tertiary/aromatic N) is 2. The van der Waals surface area contributed by atoms with Crippen LogP contribution in [0, 0.1) is 5.82 Å². The van der Waals surface area contributed by atoms with Crippen LogP contribution >= 0.6 is 0 Å². The van der Waals surface area contributed by atoms with E-state index < -0.39 is 5.82 Å². The topological polar surface area (TPSA) is 60.9 Å². The van der Waals surface area contributed by atoms with E-state index >= 15 is 0 Å². The summed E-state index contributed by atoms with van der Waals surface area (Å²) in [6.45, 7) is 1.32. The van der Waals surface area contributed by atoms with Crippen molar-refractivity contribution in [2.45, 2.75) is 44.6 Å². The molecule has 2 amide bonds. The molecule has 0 aliphatic carbocycles. The minimum Gasteiger partial charge on any atom is -0.396 e. The fourth-order valence-electron chi connectivity index (χ4n) is 3.65. The highest BCUT2D eigenvalue weighted by atomic mass is 19.1. The molecule has 0 spiro atoms. The van der Waals surface area contributed by atoms with Gasteiger partial charge in [0, 0.05) is 37.8 Å². The maximum Gasteiger partial charge on any atom is 0.257 e. The van der Waals surface area contributed by atoms with Gasteiger partial charge in [0.2, 0.25) is 5.91 Å². The fraction of sp³-hybridized carbons (Fsp3) is 0.556. The second-order valence-electron chi connectivity index (χ2n) is 6.47. The molecule has 0 bridgehead atoms. The molecule has 2 aliphatic heterocycles. The monoisotopic (exact) mass is 334 g/mol. The zero-order valence-corrected chi connectivity index (χ0v) is 13.7. The van der Waals surface area contributed by atoms with Crippen molar-refractivity contribution in [3.05, 3.63) is 29.6 Å². The van der Waals surface area contributed by atoms with Crippen molar-refractivity contribution < 1.29 is 19.1 Å². The maximum absolute atomic E-state index is 14.2. The number of anilines is 1. The lowest BCUT2D eigenvalue weighted by Crippen LogP contribution is -2.36. The first kappa shape index (κ1) is 16.9. The first-order valence-electron chi connectivity index (χ1n) is 8.63. The normalized spacial score (nSPS) is 20.9. The van der Waals surface area contributed by atoms with Crippen LogP contribution in [0.15, 0.2) is 18.2 Å². The summed E-state index contributed by atoms with van der Waals surface area (Å²) in [4.78, 5) is 28.0. The summed E-state index contributed by atoms with van der Waals surface area (Å²) in [7, 11) is 0. The van der Waals surface area contributed by atoms with Crippen molar-refractivity contribution in [1.82, 2.24) is 4.90 Å². The molecule has 2 heterocycles. The van der Waals surface area contributed by atoms with Crippen molar-refractivity contribution in [2.24, 2.45) is 0 Å². The Balaban J connectivity index is 1.82. The molecule has 24 heavy (non-hydrogen) atoms. The molecule has 130 valence electrons. The Bertz CT molecular complexity index is 635. The van der Waals surface area contributed by atoms with Crippen LogP contribution in [-0.2, 0) is 4.79 Å². The van der Waals surface area contributed by atoms with E-state index in [-0.39, 0.29) is 30.0 Å². The first-order valence-corrected chi connectivity index (χ1v) is 8.63. The van der Waals surface area contributed by atoms with Gasteiger partial charge in [-0.1, -0.05) is 0 Å². The van der Waals surface area contributed by atoms with Crippen molar-refractivity contribution >= 4 is 17.5 Å². The van der Waals surface area contributed by atoms with E-state index in [0.29, 0.717) is 31.6 Å². The van der Waals surface area contributed by atoms with Crippen LogP contribution < -0.4 is 4.90 Å². The SMILES string of the molecule is O=C1CCCN1c1ccc(F)c(C(=O)N2CCCC2CCCO)c1. The van der Waals surface area contributed by atoms with Gasteiger partial charge >= 0.3 is 0 Å². The molecule has 5 nitrogen and oxygen atoms in total. The Morgan fingerprint density at radius 1 is 1.29 bits per heavy atom. The summed E-state index contributed by atoms with van der Waals surface area (Å²) in [5, 5.41) is 8.99. The summed E-state index contributed by atoms with van der Waals surface area (Å²) in [5.74, 6) is -0.855. The lowest BCUT2D eigenvalue weighted by atomic mass is 10.1. The van der Waals surface area contributed by atoms with Crippen LogP contribution in [-0.4, -0.2) is 47.6 Å². The number of halogens is 1. The van der Waals surface area contributed by atoms with Gasteiger partial charge in [0.15, 0.2) is 0 Å². The smallest absolute Gasteiger partial charge is 0.257 e. The van der Waals surface area contributed by atoms with Crippen molar-refractivity contribution in [3.63, 3.8) is 0 Å². The third-order valence-corrected chi connectivity index (χ3v) is 4.90. The Morgan fingerprint density at radius 3 is 2.83 bits per heavy atom. The molecular formula is C18H23FN2O3. The number of aliphatic hydroxyl groups excluding tert-OH is 1. The minimum absolute atomic E-state index is 0.0157. The number of aliphatic hydroxyl groups is 1.